The number of hydrogen-bond donors (Lipinski definition) is 3. The van der Waals surface area contributed by atoms with E-state index in [1.54, 1.807) is 17.2 Å². The van der Waals surface area contributed by atoms with E-state index in [2.05, 4.69) is 17.2 Å². The molecule has 0 unspecified atom stereocenters. The Kier molecular flexibility index (Phi) is 6.45. The summed E-state index contributed by atoms with van der Waals surface area (Å²) in [5.41, 5.74) is 11.2. The van der Waals surface area contributed by atoms with Crippen LogP contribution in [0.2, 0.25) is 0 Å². The highest BCUT2D eigenvalue weighted by atomic mass is 16.2. The standard InChI is InChI=1S/C13H21N5O2/c1-2-5-16-13-10(4-3-6-17-13)7-18(8-11(14)19)9-12(15)20/h3-4,6H,2,5,7-9H2,1H3,(H2,14,19)(H2,15,20)(H,16,17). The molecule has 0 saturated carbocycles. The molecule has 0 atom stereocenters. The average Bonchev–Trinajstić information content (AvgIpc) is 2.36. The average molecular weight is 279 g/mol. The molecule has 7 nitrogen and oxygen atoms in total. The minimum atomic E-state index is -0.502. The lowest BCUT2D eigenvalue weighted by Crippen LogP contribution is -2.39. The maximum Gasteiger partial charge on any atom is 0.231 e. The quantitative estimate of drug-likeness (QED) is 0.573. The summed E-state index contributed by atoms with van der Waals surface area (Å²) in [5, 5.41) is 3.20. The van der Waals surface area contributed by atoms with Crippen molar-refractivity contribution in [2.75, 3.05) is 25.0 Å². The van der Waals surface area contributed by atoms with Crippen LogP contribution in [-0.4, -0.2) is 41.3 Å². The Hall–Kier alpha value is -2.15. The number of anilines is 1. The molecule has 0 aromatic carbocycles. The molecule has 0 fully saturated rings. The molecule has 7 heteroatoms. The van der Waals surface area contributed by atoms with Crippen molar-refractivity contribution in [2.45, 2.75) is 19.9 Å². The van der Waals surface area contributed by atoms with Gasteiger partial charge >= 0.3 is 0 Å². The Bertz CT molecular complexity index is 448. The molecule has 20 heavy (non-hydrogen) atoms. The van der Waals surface area contributed by atoms with Gasteiger partial charge in [0.05, 0.1) is 13.1 Å². The van der Waals surface area contributed by atoms with Crippen LogP contribution in [0.25, 0.3) is 0 Å². The van der Waals surface area contributed by atoms with Crippen molar-refractivity contribution in [3.63, 3.8) is 0 Å². The van der Waals surface area contributed by atoms with Gasteiger partial charge < -0.3 is 16.8 Å². The summed E-state index contributed by atoms with van der Waals surface area (Å²) in [6.45, 7) is 3.19. The van der Waals surface area contributed by atoms with Gasteiger partial charge in [-0.25, -0.2) is 4.98 Å². The number of pyridine rings is 1. The molecule has 0 aliphatic heterocycles. The molecule has 0 saturated heterocycles. The van der Waals surface area contributed by atoms with Gasteiger partial charge in [0.2, 0.25) is 11.8 Å². The summed E-state index contributed by atoms with van der Waals surface area (Å²) in [6, 6.07) is 3.69. The monoisotopic (exact) mass is 279 g/mol. The fourth-order valence-corrected chi connectivity index (χ4v) is 1.82. The van der Waals surface area contributed by atoms with Crippen LogP contribution in [0.3, 0.4) is 0 Å². The molecule has 0 spiro atoms. The summed E-state index contributed by atoms with van der Waals surface area (Å²) in [7, 11) is 0. The molecule has 1 rings (SSSR count). The zero-order chi connectivity index (χ0) is 15.0. The number of nitrogens with zero attached hydrogens (tertiary/aromatic N) is 2. The molecule has 0 aliphatic carbocycles. The van der Waals surface area contributed by atoms with E-state index in [0.717, 1.165) is 24.3 Å². The molecule has 1 aromatic rings. The van der Waals surface area contributed by atoms with E-state index in [4.69, 9.17) is 11.5 Å². The van der Waals surface area contributed by atoms with Crippen LogP contribution in [0.5, 0.6) is 0 Å². The first-order valence-corrected chi connectivity index (χ1v) is 6.49. The van der Waals surface area contributed by atoms with Crippen LogP contribution in [0, 0.1) is 0 Å². The number of primary amides is 2. The predicted octanol–water partition coefficient (Wildman–Crippen LogP) is -0.324. The number of carbonyl (C=O) groups is 2. The maximum absolute atomic E-state index is 11.0. The van der Waals surface area contributed by atoms with Crippen molar-refractivity contribution < 1.29 is 9.59 Å². The van der Waals surface area contributed by atoms with Gasteiger partial charge in [-0.15, -0.1) is 0 Å². The van der Waals surface area contributed by atoms with E-state index in [1.165, 1.54) is 0 Å². The highest BCUT2D eigenvalue weighted by Crippen LogP contribution is 2.14. The second kappa shape index (κ2) is 8.11. The van der Waals surface area contributed by atoms with Gasteiger partial charge in [-0.3, -0.25) is 14.5 Å². The predicted molar refractivity (Wildman–Crippen MR) is 76.7 cm³/mol. The topological polar surface area (TPSA) is 114 Å². The molecular weight excluding hydrogens is 258 g/mol. The summed E-state index contributed by atoms with van der Waals surface area (Å²) in [6.07, 6.45) is 2.66. The smallest absolute Gasteiger partial charge is 0.231 e. The Morgan fingerprint density at radius 3 is 2.50 bits per heavy atom. The zero-order valence-corrected chi connectivity index (χ0v) is 11.6. The van der Waals surface area contributed by atoms with Crippen LogP contribution in [0.1, 0.15) is 18.9 Å². The second-order valence-corrected chi connectivity index (χ2v) is 4.52. The molecule has 0 aliphatic rings. The molecule has 5 N–H and O–H groups in total. The lowest BCUT2D eigenvalue weighted by atomic mass is 10.2. The van der Waals surface area contributed by atoms with Gasteiger partial charge in [-0.1, -0.05) is 13.0 Å². The minimum absolute atomic E-state index is 0.0228. The molecule has 1 heterocycles. The number of nitrogens with one attached hydrogen (secondary N) is 1. The fraction of sp³-hybridized carbons (Fsp3) is 0.462. The van der Waals surface area contributed by atoms with Gasteiger partial charge in [0, 0.05) is 24.8 Å². The third-order valence-corrected chi connectivity index (χ3v) is 2.59. The Labute approximate surface area is 118 Å². The van der Waals surface area contributed by atoms with E-state index in [0.29, 0.717) is 6.54 Å². The van der Waals surface area contributed by atoms with Crippen molar-refractivity contribution in [1.82, 2.24) is 9.88 Å². The molecule has 0 bridgehead atoms. The van der Waals surface area contributed by atoms with Crippen molar-refractivity contribution in [1.29, 1.82) is 0 Å². The van der Waals surface area contributed by atoms with Gasteiger partial charge in [0.1, 0.15) is 5.82 Å². The van der Waals surface area contributed by atoms with Crippen molar-refractivity contribution >= 4 is 17.6 Å². The Balaban J connectivity index is 2.80. The fourth-order valence-electron chi connectivity index (χ4n) is 1.82. The van der Waals surface area contributed by atoms with Gasteiger partial charge in [0.15, 0.2) is 0 Å². The van der Waals surface area contributed by atoms with Crippen molar-refractivity contribution in [3.8, 4) is 0 Å². The highest BCUT2D eigenvalue weighted by molar-refractivity contribution is 5.79. The van der Waals surface area contributed by atoms with Crippen LogP contribution in [0.4, 0.5) is 5.82 Å². The molecule has 1 aromatic heterocycles. The summed E-state index contributed by atoms with van der Waals surface area (Å²) >= 11 is 0. The van der Waals surface area contributed by atoms with Gasteiger partial charge in [-0.05, 0) is 12.5 Å². The highest BCUT2D eigenvalue weighted by Gasteiger charge is 2.14. The van der Waals surface area contributed by atoms with E-state index < -0.39 is 11.8 Å². The van der Waals surface area contributed by atoms with E-state index in [-0.39, 0.29) is 13.1 Å². The van der Waals surface area contributed by atoms with Crippen LogP contribution >= 0.6 is 0 Å². The summed E-state index contributed by atoms with van der Waals surface area (Å²) in [5.74, 6) is -0.260. The lowest BCUT2D eigenvalue weighted by Gasteiger charge is -2.20. The summed E-state index contributed by atoms with van der Waals surface area (Å²) in [4.78, 5) is 27.9. The first-order valence-electron chi connectivity index (χ1n) is 6.49. The second-order valence-electron chi connectivity index (χ2n) is 4.52. The number of aromatic nitrogens is 1. The number of nitrogens with two attached hydrogens (primary N) is 2. The molecular formula is C13H21N5O2. The summed E-state index contributed by atoms with van der Waals surface area (Å²) < 4.78 is 0. The molecule has 0 radical (unpaired) electrons. The zero-order valence-electron chi connectivity index (χ0n) is 11.6. The first kappa shape index (κ1) is 15.9. The van der Waals surface area contributed by atoms with Crippen LogP contribution in [-0.2, 0) is 16.1 Å². The van der Waals surface area contributed by atoms with Gasteiger partial charge in [0.25, 0.3) is 0 Å². The number of rotatable bonds is 9. The normalized spacial score (nSPS) is 10.5. The van der Waals surface area contributed by atoms with Crippen LogP contribution < -0.4 is 16.8 Å². The van der Waals surface area contributed by atoms with Crippen molar-refractivity contribution in [3.05, 3.63) is 23.9 Å². The first-order chi connectivity index (χ1) is 9.52. The SMILES string of the molecule is CCCNc1ncccc1CN(CC(N)=O)CC(N)=O. The largest absolute Gasteiger partial charge is 0.370 e. The molecule has 110 valence electrons. The van der Waals surface area contributed by atoms with Crippen LogP contribution in [0.15, 0.2) is 18.3 Å². The van der Waals surface area contributed by atoms with E-state index in [9.17, 15) is 9.59 Å². The third kappa shape index (κ3) is 5.66. The minimum Gasteiger partial charge on any atom is -0.370 e. The molecule has 2 amide bonds. The lowest BCUT2D eigenvalue weighted by molar-refractivity contribution is -0.122. The maximum atomic E-state index is 11.0. The van der Waals surface area contributed by atoms with Gasteiger partial charge in [-0.2, -0.15) is 0 Å². The van der Waals surface area contributed by atoms with E-state index >= 15 is 0 Å². The number of amides is 2. The number of hydrogen-bond acceptors (Lipinski definition) is 5. The van der Waals surface area contributed by atoms with E-state index in [1.807, 2.05) is 6.07 Å². The third-order valence-electron chi connectivity index (χ3n) is 2.59. The Morgan fingerprint density at radius 1 is 1.30 bits per heavy atom. The van der Waals surface area contributed by atoms with Crippen molar-refractivity contribution in [2.24, 2.45) is 11.5 Å². The number of carbonyl (C=O) groups excluding carboxylic acids is 2. The Morgan fingerprint density at radius 2 is 1.95 bits per heavy atom.